The van der Waals surface area contributed by atoms with Crippen LogP contribution in [0.15, 0.2) is 30.4 Å². The Balaban J connectivity index is 2.10. The van der Waals surface area contributed by atoms with Crippen LogP contribution in [0.1, 0.15) is 53.3 Å². The third kappa shape index (κ3) is 3.93. The van der Waals surface area contributed by atoms with E-state index in [4.69, 9.17) is 10.1 Å². The van der Waals surface area contributed by atoms with E-state index >= 15 is 0 Å². The number of nitrogens with one attached hydrogen (secondary N) is 1. The van der Waals surface area contributed by atoms with Gasteiger partial charge < -0.3 is 10.2 Å². The molecule has 1 N–H and O–H groups in total. The molecule has 0 aromatic carbocycles. The summed E-state index contributed by atoms with van der Waals surface area (Å²) >= 11 is 0. The van der Waals surface area contributed by atoms with Crippen molar-refractivity contribution < 1.29 is 4.79 Å². The fraction of sp³-hybridized carbons (Fsp3) is 0.522. The quantitative estimate of drug-likeness (QED) is 0.688. The summed E-state index contributed by atoms with van der Waals surface area (Å²) in [4.78, 5) is 21.6. The topological polar surface area (TPSA) is 66.3 Å². The second-order valence-electron chi connectivity index (χ2n) is 9.03. The molecule has 1 aliphatic heterocycles. The van der Waals surface area contributed by atoms with Crippen LogP contribution < -0.4 is 10.2 Å². The fourth-order valence-electron chi connectivity index (χ4n) is 3.78. The Morgan fingerprint density at radius 1 is 1.33 bits per heavy atom. The number of fused-ring (bicyclic) bond motifs is 1. The van der Waals surface area contributed by atoms with Crippen LogP contribution in [-0.4, -0.2) is 50.9 Å². The van der Waals surface area contributed by atoms with E-state index in [-0.39, 0.29) is 17.6 Å². The van der Waals surface area contributed by atoms with Crippen molar-refractivity contribution in [2.75, 3.05) is 29.9 Å². The first-order chi connectivity index (χ1) is 14.1. The molecule has 0 saturated carbocycles. The summed E-state index contributed by atoms with van der Waals surface area (Å²) in [6, 6.07) is 2.16. The van der Waals surface area contributed by atoms with Crippen molar-refractivity contribution in [2.45, 2.75) is 60.0 Å². The Morgan fingerprint density at radius 3 is 2.57 bits per heavy atom. The van der Waals surface area contributed by atoms with Crippen LogP contribution in [0.2, 0.25) is 0 Å². The summed E-state index contributed by atoms with van der Waals surface area (Å²) in [6.45, 7) is 20.2. The maximum Gasteiger partial charge on any atom is 0.326 e. The smallest absolute Gasteiger partial charge is 0.326 e. The first-order valence-corrected chi connectivity index (χ1v) is 10.6. The predicted molar refractivity (Wildman–Crippen MR) is 124 cm³/mol. The van der Waals surface area contributed by atoms with E-state index in [0.29, 0.717) is 25.5 Å². The highest BCUT2D eigenvalue weighted by atomic mass is 16.2. The number of pyridine rings is 1. The zero-order chi connectivity index (χ0) is 22.2. The first kappa shape index (κ1) is 21.9. The van der Waals surface area contributed by atoms with E-state index in [2.05, 4.69) is 46.5 Å². The van der Waals surface area contributed by atoms with Gasteiger partial charge in [-0.25, -0.2) is 9.78 Å². The standard InChI is InChI=1S/C23H34N6O/c1-9-17(10-2)14-24-18-13-19(27-11-12-28(22(27)30)23(6,7)8)25-20-16(5)26-29(15(3)4)21(18)20/h9-10,13,15H,1,11-12,14H2,2-8H3,(H,24,25)/b17-10+. The van der Waals surface area contributed by atoms with Crippen molar-refractivity contribution in [1.82, 2.24) is 19.7 Å². The van der Waals surface area contributed by atoms with E-state index in [1.807, 2.05) is 41.6 Å². The summed E-state index contributed by atoms with van der Waals surface area (Å²) in [5, 5.41) is 8.25. The zero-order valence-corrected chi connectivity index (χ0v) is 19.3. The van der Waals surface area contributed by atoms with Gasteiger partial charge in [-0.05, 0) is 54.0 Å². The minimum Gasteiger partial charge on any atom is -0.379 e. The van der Waals surface area contributed by atoms with Crippen LogP contribution in [0, 0.1) is 6.92 Å². The molecule has 2 aromatic rings. The van der Waals surface area contributed by atoms with Gasteiger partial charge in [0.25, 0.3) is 0 Å². The molecule has 1 aliphatic rings. The van der Waals surface area contributed by atoms with Gasteiger partial charge in [0.2, 0.25) is 0 Å². The molecule has 0 atom stereocenters. The zero-order valence-electron chi connectivity index (χ0n) is 19.3. The maximum absolute atomic E-state index is 13.1. The van der Waals surface area contributed by atoms with E-state index in [0.717, 1.165) is 28.0 Å². The van der Waals surface area contributed by atoms with E-state index in [9.17, 15) is 4.79 Å². The Bertz CT molecular complexity index is 995. The van der Waals surface area contributed by atoms with Gasteiger partial charge in [0, 0.05) is 37.3 Å². The molecule has 3 heterocycles. The molecule has 2 amide bonds. The summed E-state index contributed by atoms with van der Waals surface area (Å²) in [5.41, 5.74) is 4.45. The number of allylic oxidation sites excluding steroid dienone is 1. The van der Waals surface area contributed by atoms with Crippen molar-refractivity contribution >= 4 is 28.6 Å². The molecule has 2 aromatic heterocycles. The molecule has 0 radical (unpaired) electrons. The third-order valence-electron chi connectivity index (χ3n) is 5.51. The fourth-order valence-corrected chi connectivity index (χ4v) is 3.78. The number of hydrogen-bond donors (Lipinski definition) is 1. The van der Waals surface area contributed by atoms with Gasteiger partial charge in [0.15, 0.2) is 0 Å². The normalized spacial score (nSPS) is 15.6. The molecule has 1 fully saturated rings. The van der Waals surface area contributed by atoms with Gasteiger partial charge in [0.05, 0.1) is 11.4 Å². The number of anilines is 2. The van der Waals surface area contributed by atoms with Crippen molar-refractivity contribution in [3.05, 3.63) is 36.1 Å². The SMILES string of the molecule is C=C/C(=C\C)CNc1cc(N2CCN(C(C)(C)C)C2=O)nc2c(C)nn(C(C)C)c12. The van der Waals surface area contributed by atoms with Crippen molar-refractivity contribution in [1.29, 1.82) is 0 Å². The average Bonchev–Trinajstić information content (AvgIpc) is 3.23. The highest BCUT2D eigenvalue weighted by Gasteiger charge is 2.37. The maximum atomic E-state index is 13.1. The van der Waals surface area contributed by atoms with Crippen LogP contribution in [-0.2, 0) is 0 Å². The monoisotopic (exact) mass is 410 g/mol. The lowest BCUT2D eigenvalue weighted by Crippen LogP contribution is -2.44. The molecule has 0 spiro atoms. The Hall–Kier alpha value is -2.83. The number of rotatable bonds is 6. The summed E-state index contributed by atoms with van der Waals surface area (Å²) in [7, 11) is 0. The molecule has 3 rings (SSSR count). The highest BCUT2D eigenvalue weighted by molar-refractivity contribution is 5.98. The van der Waals surface area contributed by atoms with Gasteiger partial charge >= 0.3 is 6.03 Å². The van der Waals surface area contributed by atoms with Crippen LogP contribution in [0.4, 0.5) is 16.3 Å². The molecule has 1 saturated heterocycles. The number of amides is 2. The molecule has 0 bridgehead atoms. The molecule has 162 valence electrons. The minimum absolute atomic E-state index is 0.00515. The van der Waals surface area contributed by atoms with Gasteiger partial charge in [-0.3, -0.25) is 9.58 Å². The summed E-state index contributed by atoms with van der Waals surface area (Å²) in [5.74, 6) is 0.661. The van der Waals surface area contributed by atoms with Crippen LogP contribution >= 0.6 is 0 Å². The average molecular weight is 411 g/mol. The number of hydrogen-bond acceptors (Lipinski definition) is 4. The lowest BCUT2D eigenvalue weighted by molar-refractivity contribution is 0.173. The van der Waals surface area contributed by atoms with Gasteiger partial charge in [-0.1, -0.05) is 18.7 Å². The van der Waals surface area contributed by atoms with Gasteiger partial charge in [-0.15, -0.1) is 0 Å². The number of aromatic nitrogens is 3. The number of urea groups is 1. The Kier molecular flexibility index (Phi) is 5.92. The minimum atomic E-state index is -0.222. The van der Waals surface area contributed by atoms with Gasteiger partial charge in [0.1, 0.15) is 16.9 Å². The van der Waals surface area contributed by atoms with E-state index in [1.165, 1.54) is 0 Å². The Morgan fingerprint density at radius 2 is 2.03 bits per heavy atom. The van der Waals surface area contributed by atoms with Crippen molar-refractivity contribution in [3.63, 3.8) is 0 Å². The lowest BCUT2D eigenvalue weighted by atomic mass is 10.1. The number of carbonyl (C=O) groups excluding carboxylic acids is 1. The molecular formula is C23H34N6O. The van der Waals surface area contributed by atoms with E-state index < -0.39 is 0 Å². The van der Waals surface area contributed by atoms with Crippen molar-refractivity contribution in [2.24, 2.45) is 0 Å². The second kappa shape index (κ2) is 8.13. The summed E-state index contributed by atoms with van der Waals surface area (Å²) < 4.78 is 2.00. The molecule has 7 heteroatoms. The van der Waals surface area contributed by atoms with Crippen LogP contribution in [0.25, 0.3) is 11.0 Å². The molecular weight excluding hydrogens is 376 g/mol. The Labute approximate surface area is 179 Å². The lowest BCUT2D eigenvalue weighted by Gasteiger charge is -2.31. The van der Waals surface area contributed by atoms with Gasteiger partial charge in [-0.2, -0.15) is 5.10 Å². The molecule has 7 nitrogen and oxygen atoms in total. The predicted octanol–water partition coefficient (Wildman–Crippen LogP) is 4.91. The first-order valence-electron chi connectivity index (χ1n) is 10.6. The largest absolute Gasteiger partial charge is 0.379 e. The number of aryl methyl sites for hydroxylation is 1. The number of carbonyl (C=O) groups is 1. The second-order valence-corrected chi connectivity index (χ2v) is 9.03. The van der Waals surface area contributed by atoms with Crippen LogP contribution in [0.3, 0.4) is 0 Å². The molecule has 0 unspecified atom stereocenters. The molecule has 0 aliphatic carbocycles. The molecule has 30 heavy (non-hydrogen) atoms. The highest BCUT2D eigenvalue weighted by Crippen LogP contribution is 2.33. The summed E-state index contributed by atoms with van der Waals surface area (Å²) in [6.07, 6.45) is 3.89. The van der Waals surface area contributed by atoms with Crippen molar-refractivity contribution in [3.8, 4) is 0 Å². The van der Waals surface area contributed by atoms with E-state index in [1.54, 1.807) is 4.90 Å². The number of nitrogens with zero attached hydrogens (tertiary/aromatic N) is 5. The third-order valence-corrected chi connectivity index (χ3v) is 5.51. The van der Waals surface area contributed by atoms with Crippen LogP contribution in [0.5, 0.6) is 0 Å².